The molecule has 0 aliphatic heterocycles. The van der Waals surface area contributed by atoms with Crippen LogP contribution in [-0.2, 0) is 20.7 Å². The van der Waals surface area contributed by atoms with Crippen LogP contribution < -0.4 is 16.4 Å². The van der Waals surface area contributed by atoms with E-state index in [1.165, 1.54) is 7.11 Å². The molecule has 8 heteroatoms. The Morgan fingerprint density at radius 1 is 1.04 bits per heavy atom. The lowest BCUT2D eigenvalue weighted by molar-refractivity contribution is -0.140. The molecule has 0 saturated carbocycles. The highest BCUT2D eigenvalue weighted by atomic mass is 35.5. The van der Waals surface area contributed by atoms with Crippen molar-refractivity contribution in [1.82, 2.24) is 5.32 Å². The van der Waals surface area contributed by atoms with Crippen LogP contribution in [0.1, 0.15) is 22.3 Å². The molecule has 28 heavy (non-hydrogen) atoms. The van der Waals surface area contributed by atoms with Gasteiger partial charge in [0, 0.05) is 17.8 Å². The number of benzene rings is 2. The van der Waals surface area contributed by atoms with Crippen molar-refractivity contribution in [1.29, 1.82) is 0 Å². The highest BCUT2D eigenvalue weighted by Crippen LogP contribution is 2.11. The van der Waals surface area contributed by atoms with E-state index in [9.17, 15) is 14.4 Å². The van der Waals surface area contributed by atoms with Crippen LogP contribution in [0.4, 0.5) is 5.69 Å². The van der Waals surface area contributed by atoms with Gasteiger partial charge in [-0.3, -0.25) is 14.4 Å². The Balaban J connectivity index is 0.00000392. The SMILES string of the molecule is COC(=O)CCNC(=O)c1ccc(NC(=O)[C@@H](N)Cc2ccccc2)cc1.Cl. The third kappa shape index (κ3) is 7.38. The average Bonchev–Trinajstić information content (AvgIpc) is 2.69. The van der Waals surface area contributed by atoms with Crippen molar-refractivity contribution in [2.45, 2.75) is 18.9 Å². The third-order valence-electron chi connectivity index (χ3n) is 3.89. The van der Waals surface area contributed by atoms with Gasteiger partial charge >= 0.3 is 5.97 Å². The first-order valence-electron chi connectivity index (χ1n) is 8.55. The highest BCUT2D eigenvalue weighted by molar-refractivity contribution is 5.97. The zero-order valence-electron chi connectivity index (χ0n) is 15.5. The largest absolute Gasteiger partial charge is 0.469 e. The van der Waals surface area contributed by atoms with E-state index in [1.807, 2.05) is 30.3 Å². The van der Waals surface area contributed by atoms with Crippen LogP contribution in [0.25, 0.3) is 0 Å². The van der Waals surface area contributed by atoms with Gasteiger partial charge in [0.25, 0.3) is 5.91 Å². The topological polar surface area (TPSA) is 111 Å². The fourth-order valence-electron chi connectivity index (χ4n) is 2.38. The lowest BCUT2D eigenvalue weighted by Gasteiger charge is -2.13. The predicted molar refractivity (Wildman–Crippen MR) is 109 cm³/mol. The monoisotopic (exact) mass is 405 g/mol. The Labute approximate surface area is 170 Å². The van der Waals surface area contributed by atoms with Crippen LogP contribution in [0.5, 0.6) is 0 Å². The molecular weight excluding hydrogens is 382 g/mol. The molecule has 1 atom stereocenters. The molecule has 0 fully saturated rings. The second kappa shape index (κ2) is 11.7. The van der Waals surface area contributed by atoms with Crippen molar-refractivity contribution < 1.29 is 19.1 Å². The van der Waals surface area contributed by atoms with E-state index in [4.69, 9.17) is 5.73 Å². The summed E-state index contributed by atoms with van der Waals surface area (Å²) in [6.07, 6.45) is 0.545. The summed E-state index contributed by atoms with van der Waals surface area (Å²) < 4.78 is 4.51. The first kappa shape index (κ1) is 23.1. The molecular formula is C20H24ClN3O4. The molecule has 2 rings (SSSR count). The number of esters is 1. The molecule has 7 nitrogen and oxygen atoms in total. The number of ether oxygens (including phenoxy) is 1. The summed E-state index contributed by atoms with van der Waals surface area (Å²) in [4.78, 5) is 35.2. The number of nitrogens with one attached hydrogen (secondary N) is 2. The smallest absolute Gasteiger partial charge is 0.307 e. The summed E-state index contributed by atoms with van der Waals surface area (Å²) in [5.74, 6) is -0.994. The van der Waals surface area contributed by atoms with E-state index in [-0.39, 0.29) is 43.2 Å². The van der Waals surface area contributed by atoms with Gasteiger partial charge in [0.15, 0.2) is 0 Å². The molecule has 0 heterocycles. The van der Waals surface area contributed by atoms with Crippen LogP contribution in [0.3, 0.4) is 0 Å². The van der Waals surface area contributed by atoms with Gasteiger partial charge in [-0.15, -0.1) is 12.4 Å². The summed E-state index contributed by atoms with van der Waals surface area (Å²) in [6, 6.07) is 15.3. The number of halogens is 1. The van der Waals surface area contributed by atoms with Gasteiger partial charge in [0.1, 0.15) is 0 Å². The quantitative estimate of drug-likeness (QED) is 0.581. The molecule has 0 saturated heterocycles. The summed E-state index contributed by atoms with van der Waals surface area (Å²) in [5, 5.41) is 5.36. The van der Waals surface area contributed by atoms with E-state index in [2.05, 4.69) is 15.4 Å². The van der Waals surface area contributed by atoms with Crippen molar-refractivity contribution in [3.05, 3.63) is 65.7 Å². The fourth-order valence-corrected chi connectivity index (χ4v) is 2.38. The standard InChI is InChI=1S/C20H23N3O4.ClH/c1-27-18(24)11-12-22-19(25)15-7-9-16(10-8-15)23-20(26)17(21)13-14-5-3-2-4-6-14;/h2-10,17H,11-13,21H2,1H3,(H,22,25)(H,23,26);1H/t17-;/m0./s1. The van der Waals surface area contributed by atoms with Gasteiger partial charge in [-0.05, 0) is 36.2 Å². The number of rotatable bonds is 8. The molecule has 0 radical (unpaired) electrons. The third-order valence-corrected chi connectivity index (χ3v) is 3.89. The summed E-state index contributed by atoms with van der Waals surface area (Å²) in [7, 11) is 1.29. The second-order valence-electron chi connectivity index (χ2n) is 5.94. The van der Waals surface area contributed by atoms with Gasteiger partial charge < -0.3 is 21.1 Å². The van der Waals surface area contributed by atoms with Gasteiger partial charge in [-0.1, -0.05) is 30.3 Å². The molecule has 0 bridgehead atoms. The Kier molecular flexibility index (Phi) is 9.70. The number of hydrogen-bond acceptors (Lipinski definition) is 5. The van der Waals surface area contributed by atoms with Gasteiger partial charge in [0.2, 0.25) is 5.91 Å². The molecule has 150 valence electrons. The maximum absolute atomic E-state index is 12.2. The van der Waals surface area contributed by atoms with Crippen molar-refractivity contribution in [3.8, 4) is 0 Å². The number of carbonyl (C=O) groups is 3. The maximum Gasteiger partial charge on any atom is 0.307 e. The Bertz CT molecular complexity index is 782. The van der Waals surface area contributed by atoms with Crippen LogP contribution in [0.2, 0.25) is 0 Å². The molecule has 4 N–H and O–H groups in total. The van der Waals surface area contributed by atoms with Crippen molar-refractivity contribution >= 4 is 35.9 Å². The normalized spacial score (nSPS) is 10.9. The van der Waals surface area contributed by atoms with E-state index in [1.54, 1.807) is 24.3 Å². The molecule has 0 unspecified atom stereocenters. The molecule has 2 amide bonds. The van der Waals surface area contributed by atoms with Gasteiger partial charge in [0.05, 0.1) is 19.6 Å². The zero-order chi connectivity index (χ0) is 19.6. The van der Waals surface area contributed by atoms with E-state index < -0.39 is 6.04 Å². The number of anilines is 1. The number of carbonyl (C=O) groups excluding carboxylic acids is 3. The van der Waals surface area contributed by atoms with Crippen LogP contribution in [0.15, 0.2) is 54.6 Å². The minimum atomic E-state index is -0.673. The van der Waals surface area contributed by atoms with Crippen LogP contribution in [-0.4, -0.2) is 37.5 Å². The average molecular weight is 406 g/mol. The van der Waals surface area contributed by atoms with Crippen LogP contribution in [0, 0.1) is 0 Å². The molecule has 0 aromatic heterocycles. The number of nitrogens with two attached hydrogens (primary N) is 1. The number of amides is 2. The Hall–Kier alpha value is -2.90. The van der Waals surface area contributed by atoms with Crippen molar-refractivity contribution in [3.63, 3.8) is 0 Å². The summed E-state index contributed by atoms with van der Waals surface area (Å²) in [6.45, 7) is 0.193. The molecule has 0 spiro atoms. The van der Waals surface area contributed by atoms with Gasteiger partial charge in [-0.2, -0.15) is 0 Å². The highest BCUT2D eigenvalue weighted by Gasteiger charge is 2.14. The Morgan fingerprint density at radius 2 is 1.68 bits per heavy atom. The molecule has 0 aliphatic carbocycles. The fraction of sp³-hybridized carbons (Fsp3) is 0.250. The molecule has 0 aliphatic rings. The lowest BCUT2D eigenvalue weighted by atomic mass is 10.1. The first-order chi connectivity index (χ1) is 13.0. The summed E-state index contributed by atoms with van der Waals surface area (Å²) in [5.41, 5.74) is 7.91. The maximum atomic E-state index is 12.2. The minimum Gasteiger partial charge on any atom is -0.469 e. The second-order valence-corrected chi connectivity index (χ2v) is 5.94. The van der Waals surface area contributed by atoms with E-state index in [0.717, 1.165) is 5.56 Å². The number of methoxy groups -OCH3 is 1. The van der Waals surface area contributed by atoms with E-state index >= 15 is 0 Å². The van der Waals surface area contributed by atoms with Crippen molar-refractivity contribution in [2.24, 2.45) is 5.73 Å². The zero-order valence-corrected chi connectivity index (χ0v) is 16.3. The summed E-state index contributed by atoms with van der Waals surface area (Å²) >= 11 is 0. The van der Waals surface area contributed by atoms with Crippen LogP contribution >= 0.6 is 12.4 Å². The van der Waals surface area contributed by atoms with E-state index in [0.29, 0.717) is 17.7 Å². The number of hydrogen-bond donors (Lipinski definition) is 3. The minimum absolute atomic E-state index is 0. The van der Waals surface area contributed by atoms with Gasteiger partial charge in [-0.25, -0.2) is 0 Å². The molecule has 2 aromatic carbocycles. The molecule has 2 aromatic rings. The first-order valence-corrected chi connectivity index (χ1v) is 8.55. The Morgan fingerprint density at radius 3 is 2.29 bits per heavy atom. The lowest BCUT2D eigenvalue weighted by Crippen LogP contribution is -2.37. The predicted octanol–water partition coefficient (Wildman–Crippen LogP) is 1.91. The van der Waals surface area contributed by atoms with Crippen molar-refractivity contribution in [2.75, 3.05) is 19.0 Å².